The van der Waals surface area contributed by atoms with E-state index >= 15 is 0 Å². The molecule has 1 N–H and O–H groups in total. The molecule has 6 heteroatoms. The average Bonchev–Trinajstić information content (AvgIpc) is 2.56. The van der Waals surface area contributed by atoms with Crippen molar-refractivity contribution in [2.75, 3.05) is 12.4 Å². The summed E-state index contributed by atoms with van der Waals surface area (Å²) in [6, 6.07) is 10.1. The number of carbonyl (C=O) groups excluding carboxylic acids is 1. The van der Waals surface area contributed by atoms with Crippen LogP contribution in [0.4, 0.5) is 5.69 Å². The summed E-state index contributed by atoms with van der Waals surface area (Å²) in [6.07, 6.45) is 0. The number of carbonyl (C=O) groups is 1. The van der Waals surface area contributed by atoms with Gasteiger partial charge in [0.2, 0.25) is 0 Å². The number of rotatable bonds is 3. The molecule has 5 nitrogen and oxygen atoms in total. The highest BCUT2D eigenvalue weighted by atomic mass is 35.5. The second-order valence-electron chi connectivity index (χ2n) is 5.74. The summed E-state index contributed by atoms with van der Waals surface area (Å²) in [4.78, 5) is 24.7. The van der Waals surface area contributed by atoms with Crippen molar-refractivity contribution in [1.29, 1.82) is 0 Å². The molecule has 1 amide bonds. The predicted octanol–water partition coefficient (Wildman–Crippen LogP) is 4.32. The lowest BCUT2D eigenvalue weighted by Gasteiger charge is -2.11. The quantitative estimate of drug-likeness (QED) is 0.708. The first-order valence-corrected chi connectivity index (χ1v) is 7.97. The third kappa shape index (κ3) is 3.37. The standard InChI is InChI=1S/C19H16ClNO4/c1-10-6-11(2)17(15(20)7-10)21-18(22)14-9-12-8-13(24-3)4-5-16(12)25-19(14)23/h4-9H,1-3H3,(H,21,22). The van der Waals surface area contributed by atoms with Crippen molar-refractivity contribution in [3.05, 3.63) is 68.5 Å². The third-order valence-electron chi connectivity index (χ3n) is 3.85. The molecular formula is C19H16ClNO4. The van der Waals surface area contributed by atoms with Crippen LogP contribution in [-0.2, 0) is 0 Å². The van der Waals surface area contributed by atoms with Crippen LogP contribution in [0.2, 0.25) is 5.02 Å². The van der Waals surface area contributed by atoms with Gasteiger partial charge in [-0.1, -0.05) is 17.7 Å². The fourth-order valence-corrected chi connectivity index (χ4v) is 3.01. The van der Waals surface area contributed by atoms with Crippen molar-refractivity contribution in [2.45, 2.75) is 13.8 Å². The largest absolute Gasteiger partial charge is 0.497 e. The van der Waals surface area contributed by atoms with Crippen molar-refractivity contribution in [3.8, 4) is 5.75 Å². The maximum absolute atomic E-state index is 12.6. The lowest BCUT2D eigenvalue weighted by molar-refractivity contribution is 0.102. The number of benzene rings is 2. The Morgan fingerprint density at radius 2 is 1.92 bits per heavy atom. The predicted molar refractivity (Wildman–Crippen MR) is 97.9 cm³/mol. The van der Waals surface area contributed by atoms with E-state index in [2.05, 4.69) is 5.32 Å². The molecule has 0 atom stereocenters. The van der Waals surface area contributed by atoms with E-state index < -0.39 is 11.5 Å². The summed E-state index contributed by atoms with van der Waals surface area (Å²) in [7, 11) is 1.54. The van der Waals surface area contributed by atoms with Gasteiger partial charge in [-0.2, -0.15) is 0 Å². The molecule has 0 bridgehead atoms. The fourth-order valence-electron chi connectivity index (χ4n) is 2.64. The minimum Gasteiger partial charge on any atom is -0.497 e. The summed E-state index contributed by atoms with van der Waals surface area (Å²) < 4.78 is 10.4. The van der Waals surface area contributed by atoms with Crippen LogP contribution in [0.25, 0.3) is 11.0 Å². The first-order valence-electron chi connectivity index (χ1n) is 7.59. The molecule has 0 aliphatic heterocycles. The molecule has 0 aliphatic carbocycles. The Kier molecular flexibility index (Phi) is 4.51. The van der Waals surface area contributed by atoms with Crippen LogP contribution in [0.1, 0.15) is 21.5 Å². The van der Waals surface area contributed by atoms with Crippen LogP contribution >= 0.6 is 11.6 Å². The molecule has 0 saturated carbocycles. The second-order valence-corrected chi connectivity index (χ2v) is 6.15. The van der Waals surface area contributed by atoms with Crippen molar-refractivity contribution in [1.82, 2.24) is 0 Å². The van der Waals surface area contributed by atoms with Gasteiger partial charge in [-0.15, -0.1) is 0 Å². The van der Waals surface area contributed by atoms with E-state index in [4.69, 9.17) is 20.8 Å². The van der Waals surface area contributed by atoms with E-state index in [1.54, 1.807) is 24.3 Å². The number of fused-ring (bicyclic) bond motifs is 1. The van der Waals surface area contributed by atoms with Gasteiger partial charge in [-0.05, 0) is 55.3 Å². The molecule has 0 saturated heterocycles. The molecule has 128 valence electrons. The van der Waals surface area contributed by atoms with Crippen molar-refractivity contribution >= 4 is 34.2 Å². The van der Waals surface area contributed by atoms with Crippen molar-refractivity contribution < 1.29 is 13.9 Å². The van der Waals surface area contributed by atoms with E-state index in [-0.39, 0.29) is 5.56 Å². The van der Waals surface area contributed by atoms with Gasteiger partial charge in [-0.25, -0.2) is 4.79 Å². The number of hydrogen-bond acceptors (Lipinski definition) is 4. The third-order valence-corrected chi connectivity index (χ3v) is 4.15. The fraction of sp³-hybridized carbons (Fsp3) is 0.158. The van der Waals surface area contributed by atoms with E-state index in [1.165, 1.54) is 13.2 Å². The average molecular weight is 358 g/mol. The van der Waals surface area contributed by atoms with Gasteiger partial charge in [0, 0.05) is 5.39 Å². The van der Waals surface area contributed by atoms with Crippen LogP contribution in [-0.4, -0.2) is 13.0 Å². The van der Waals surface area contributed by atoms with E-state index in [0.29, 0.717) is 27.4 Å². The molecule has 0 radical (unpaired) electrons. The SMILES string of the molecule is COc1ccc2oc(=O)c(C(=O)Nc3c(C)cc(C)cc3Cl)cc2c1. The zero-order valence-electron chi connectivity index (χ0n) is 14.0. The molecule has 0 unspecified atom stereocenters. The Hall–Kier alpha value is -2.79. The molecule has 3 aromatic rings. The smallest absolute Gasteiger partial charge is 0.349 e. The molecule has 2 aromatic carbocycles. The number of aryl methyl sites for hydroxylation is 2. The Labute approximate surface area is 149 Å². The number of hydrogen-bond donors (Lipinski definition) is 1. The highest BCUT2D eigenvalue weighted by molar-refractivity contribution is 6.34. The highest BCUT2D eigenvalue weighted by Crippen LogP contribution is 2.28. The molecule has 0 aliphatic rings. The molecule has 1 aromatic heterocycles. The van der Waals surface area contributed by atoms with Gasteiger partial charge >= 0.3 is 5.63 Å². The van der Waals surface area contributed by atoms with Gasteiger partial charge in [0.25, 0.3) is 5.91 Å². The van der Waals surface area contributed by atoms with Crippen LogP contribution in [0.3, 0.4) is 0 Å². The number of nitrogens with one attached hydrogen (secondary N) is 1. The van der Waals surface area contributed by atoms with E-state index in [0.717, 1.165) is 11.1 Å². The molecule has 3 rings (SSSR count). The number of methoxy groups -OCH3 is 1. The summed E-state index contributed by atoms with van der Waals surface area (Å²) in [5.41, 5.74) is 1.84. The number of ether oxygens (including phenoxy) is 1. The normalized spacial score (nSPS) is 10.7. The zero-order chi connectivity index (χ0) is 18.1. The Bertz CT molecular complexity index is 1020. The van der Waals surface area contributed by atoms with Gasteiger partial charge < -0.3 is 14.5 Å². The van der Waals surface area contributed by atoms with Gasteiger partial charge in [0.15, 0.2) is 0 Å². The lowest BCUT2D eigenvalue weighted by Crippen LogP contribution is -2.21. The summed E-state index contributed by atoms with van der Waals surface area (Å²) >= 11 is 6.21. The molecular weight excluding hydrogens is 342 g/mol. The Morgan fingerprint density at radius 3 is 2.60 bits per heavy atom. The minimum absolute atomic E-state index is 0.100. The van der Waals surface area contributed by atoms with Crippen LogP contribution < -0.4 is 15.7 Å². The first-order chi connectivity index (χ1) is 11.9. The Balaban J connectivity index is 2.02. The number of halogens is 1. The summed E-state index contributed by atoms with van der Waals surface area (Å²) in [5, 5.41) is 3.70. The van der Waals surface area contributed by atoms with Gasteiger partial charge in [0.1, 0.15) is 16.9 Å². The second kappa shape index (κ2) is 6.61. The Morgan fingerprint density at radius 1 is 1.16 bits per heavy atom. The molecule has 0 fully saturated rings. The molecule has 1 heterocycles. The number of anilines is 1. The van der Waals surface area contributed by atoms with Gasteiger partial charge in [0.05, 0.1) is 17.8 Å². The maximum Gasteiger partial charge on any atom is 0.349 e. The summed E-state index contributed by atoms with van der Waals surface area (Å²) in [5.74, 6) is 0.0254. The van der Waals surface area contributed by atoms with E-state index in [9.17, 15) is 9.59 Å². The minimum atomic E-state index is -0.712. The van der Waals surface area contributed by atoms with Crippen molar-refractivity contribution in [3.63, 3.8) is 0 Å². The maximum atomic E-state index is 12.6. The van der Waals surface area contributed by atoms with E-state index in [1.807, 2.05) is 19.9 Å². The van der Waals surface area contributed by atoms with Crippen molar-refractivity contribution in [2.24, 2.45) is 0 Å². The van der Waals surface area contributed by atoms with Gasteiger partial charge in [-0.3, -0.25) is 4.79 Å². The zero-order valence-corrected chi connectivity index (χ0v) is 14.7. The molecule has 25 heavy (non-hydrogen) atoms. The van der Waals surface area contributed by atoms with Crippen LogP contribution in [0.15, 0.2) is 45.6 Å². The molecule has 0 spiro atoms. The number of amides is 1. The monoisotopic (exact) mass is 357 g/mol. The summed E-state index contributed by atoms with van der Waals surface area (Å²) in [6.45, 7) is 3.75. The topological polar surface area (TPSA) is 68.5 Å². The van der Waals surface area contributed by atoms with Crippen LogP contribution in [0.5, 0.6) is 5.75 Å². The lowest BCUT2D eigenvalue weighted by atomic mass is 10.1. The highest BCUT2D eigenvalue weighted by Gasteiger charge is 2.17. The first kappa shape index (κ1) is 17.0. The van der Waals surface area contributed by atoms with Crippen LogP contribution in [0, 0.1) is 13.8 Å².